The first-order chi connectivity index (χ1) is 13.3. The third kappa shape index (κ3) is 2.72. The van der Waals surface area contributed by atoms with E-state index in [0.717, 1.165) is 46.0 Å². The molecule has 1 aliphatic rings. The summed E-state index contributed by atoms with van der Waals surface area (Å²) in [7, 11) is 0. The van der Waals surface area contributed by atoms with Crippen LogP contribution >= 0.6 is 0 Å². The minimum atomic E-state index is -0.225. The summed E-state index contributed by atoms with van der Waals surface area (Å²) in [6.45, 7) is 3.39. The molecule has 0 aliphatic carbocycles. The second-order valence-corrected chi connectivity index (χ2v) is 6.52. The van der Waals surface area contributed by atoms with Gasteiger partial charge in [-0.1, -0.05) is 18.2 Å². The number of fused-ring (bicyclic) bond motifs is 2. The van der Waals surface area contributed by atoms with E-state index in [1.165, 1.54) is 0 Å². The van der Waals surface area contributed by atoms with Gasteiger partial charge in [0.25, 0.3) is 0 Å². The van der Waals surface area contributed by atoms with Crippen molar-refractivity contribution in [2.24, 2.45) is 0 Å². The molecule has 27 heavy (non-hydrogen) atoms. The predicted molar refractivity (Wildman–Crippen MR) is 104 cm³/mol. The molecule has 0 radical (unpaired) electrons. The van der Waals surface area contributed by atoms with Crippen molar-refractivity contribution < 1.29 is 9.47 Å². The van der Waals surface area contributed by atoms with Crippen LogP contribution < -0.4 is 9.47 Å². The molecule has 134 valence electrons. The summed E-state index contributed by atoms with van der Waals surface area (Å²) < 4.78 is 14.3. The molecule has 0 fully saturated rings. The molecule has 0 N–H and O–H groups in total. The van der Waals surface area contributed by atoms with Crippen LogP contribution in [-0.2, 0) is 6.54 Å². The van der Waals surface area contributed by atoms with Crippen LogP contribution in [0.15, 0.2) is 67.0 Å². The van der Waals surface area contributed by atoms with E-state index < -0.39 is 0 Å². The standard InChI is InChI=1S/C22H19N3O2/c1-2-25-18-13-16(15-9-11-23-12-10-15)7-8-17(18)24-22(25)21-14-26-19-5-3-4-6-20(19)27-21/h3-13,21H,2,14H2,1H3. The lowest BCUT2D eigenvalue weighted by Crippen LogP contribution is -2.24. The van der Waals surface area contributed by atoms with Gasteiger partial charge < -0.3 is 14.0 Å². The summed E-state index contributed by atoms with van der Waals surface area (Å²) in [6.07, 6.45) is 3.40. The lowest BCUT2D eigenvalue weighted by Gasteiger charge is -2.26. The Morgan fingerprint density at radius 2 is 1.81 bits per heavy atom. The van der Waals surface area contributed by atoms with Crippen LogP contribution in [0.5, 0.6) is 11.5 Å². The Hall–Kier alpha value is -3.34. The smallest absolute Gasteiger partial charge is 0.190 e. The third-order valence-corrected chi connectivity index (χ3v) is 4.90. The highest BCUT2D eigenvalue weighted by Gasteiger charge is 2.27. The van der Waals surface area contributed by atoms with Crippen LogP contribution in [0.1, 0.15) is 18.9 Å². The van der Waals surface area contributed by atoms with Gasteiger partial charge in [-0.15, -0.1) is 0 Å². The summed E-state index contributed by atoms with van der Waals surface area (Å²) in [4.78, 5) is 8.96. The Labute approximate surface area is 157 Å². The Balaban J connectivity index is 1.58. The van der Waals surface area contributed by atoms with Crippen molar-refractivity contribution in [2.45, 2.75) is 19.6 Å². The molecular formula is C22H19N3O2. The number of benzene rings is 2. The van der Waals surface area contributed by atoms with Gasteiger partial charge in [0.1, 0.15) is 6.61 Å². The molecule has 1 atom stereocenters. The van der Waals surface area contributed by atoms with Crippen LogP contribution in [0.4, 0.5) is 0 Å². The number of pyridine rings is 1. The number of aryl methyl sites for hydroxylation is 1. The molecule has 5 nitrogen and oxygen atoms in total. The maximum atomic E-state index is 6.19. The molecule has 5 heteroatoms. The molecule has 2 aromatic carbocycles. The van der Waals surface area contributed by atoms with Crippen molar-refractivity contribution >= 4 is 11.0 Å². The molecule has 4 aromatic rings. The van der Waals surface area contributed by atoms with Crippen molar-refractivity contribution in [3.8, 4) is 22.6 Å². The van der Waals surface area contributed by atoms with Crippen LogP contribution in [-0.4, -0.2) is 21.1 Å². The number of rotatable bonds is 3. The SMILES string of the molecule is CCn1c(C2COc3ccccc3O2)nc2ccc(-c3ccncc3)cc21. The summed E-state index contributed by atoms with van der Waals surface area (Å²) in [5, 5.41) is 0. The number of ether oxygens (including phenoxy) is 2. The van der Waals surface area contributed by atoms with Gasteiger partial charge in [0.05, 0.1) is 11.0 Å². The van der Waals surface area contributed by atoms with Gasteiger partial charge in [0.15, 0.2) is 23.4 Å². The molecule has 1 unspecified atom stereocenters. The van der Waals surface area contributed by atoms with Gasteiger partial charge in [-0.25, -0.2) is 4.98 Å². The molecule has 3 heterocycles. The average Bonchev–Trinajstić information content (AvgIpc) is 3.12. The van der Waals surface area contributed by atoms with Crippen LogP contribution in [0.25, 0.3) is 22.2 Å². The van der Waals surface area contributed by atoms with Gasteiger partial charge in [-0.3, -0.25) is 4.98 Å². The largest absolute Gasteiger partial charge is 0.485 e. The van der Waals surface area contributed by atoms with Crippen molar-refractivity contribution in [3.63, 3.8) is 0 Å². The van der Waals surface area contributed by atoms with Crippen molar-refractivity contribution in [1.82, 2.24) is 14.5 Å². The van der Waals surface area contributed by atoms with E-state index in [1.807, 2.05) is 48.8 Å². The lowest BCUT2D eigenvalue weighted by atomic mass is 10.1. The Bertz CT molecular complexity index is 1110. The fraction of sp³-hybridized carbons (Fsp3) is 0.182. The normalized spacial score (nSPS) is 15.8. The number of aromatic nitrogens is 3. The van der Waals surface area contributed by atoms with E-state index in [0.29, 0.717) is 6.61 Å². The lowest BCUT2D eigenvalue weighted by molar-refractivity contribution is 0.0829. The van der Waals surface area contributed by atoms with Crippen molar-refractivity contribution in [2.75, 3.05) is 6.61 Å². The highest BCUT2D eigenvalue weighted by molar-refractivity contribution is 5.82. The minimum Gasteiger partial charge on any atom is -0.485 e. The van der Waals surface area contributed by atoms with E-state index in [9.17, 15) is 0 Å². The van der Waals surface area contributed by atoms with Gasteiger partial charge in [0.2, 0.25) is 0 Å². The average molecular weight is 357 g/mol. The topological polar surface area (TPSA) is 49.2 Å². The molecule has 2 aromatic heterocycles. The van der Waals surface area contributed by atoms with Crippen molar-refractivity contribution in [1.29, 1.82) is 0 Å². The molecule has 0 amide bonds. The van der Waals surface area contributed by atoms with Gasteiger partial charge in [0, 0.05) is 18.9 Å². The van der Waals surface area contributed by atoms with Gasteiger partial charge >= 0.3 is 0 Å². The van der Waals surface area contributed by atoms with Crippen LogP contribution in [0, 0.1) is 0 Å². The van der Waals surface area contributed by atoms with Crippen LogP contribution in [0.2, 0.25) is 0 Å². The highest BCUT2D eigenvalue weighted by Crippen LogP contribution is 2.36. The zero-order valence-electron chi connectivity index (χ0n) is 15.0. The third-order valence-electron chi connectivity index (χ3n) is 4.90. The first-order valence-corrected chi connectivity index (χ1v) is 9.12. The van der Waals surface area contributed by atoms with Crippen LogP contribution in [0.3, 0.4) is 0 Å². The minimum absolute atomic E-state index is 0.225. The van der Waals surface area contributed by atoms with E-state index in [-0.39, 0.29) is 6.10 Å². The highest BCUT2D eigenvalue weighted by atomic mass is 16.6. The summed E-state index contributed by atoms with van der Waals surface area (Å²) in [5.41, 5.74) is 4.36. The molecule has 0 saturated carbocycles. The maximum absolute atomic E-state index is 6.19. The zero-order chi connectivity index (χ0) is 18.2. The fourth-order valence-corrected chi connectivity index (χ4v) is 3.59. The van der Waals surface area contributed by atoms with Gasteiger partial charge in [-0.2, -0.15) is 0 Å². The number of para-hydroxylation sites is 2. The monoisotopic (exact) mass is 357 g/mol. The second kappa shape index (κ2) is 6.43. The van der Waals surface area contributed by atoms with E-state index >= 15 is 0 Å². The molecule has 5 rings (SSSR count). The Kier molecular flexibility index (Phi) is 3.78. The summed E-state index contributed by atoms with van der Waals surface area (Å²) >= 11 is 0. The Morgan fingerprint density at radius 1 is 1.00 bits per heavy atom. The van der Waals surface area contributed by atoms with Gasteiger partial charge in [-0.05, 0) is 54.4 Å². The first-order valence-electron chi connectivity index (χ1n) is 9.12. The second-order valence-electron chi connectivity index (χ2n) is 6.52. The Morgan fingerprint density at radius 3 is 2.63 bits per heavy atom. The fourth-order valence-electron chi connectivity index (χ4n) is 3.59. The quantitative estimate of drug-likeness (QED) is 0.536. The summed E-state index contributed by atoms with van der Waals surface area (Å²) in [6, 6.07) is 18.1. The zero-order valence-corrected chi connectivity index (χ0v) is 15.0. The molecule has 0 bridgehead atoms. The molecule has 0 saturated heterocycles. The van der Waals surface area contributed by atoms with E-state index in [1.54, 1.807) is 0 Å². The molecule has 0 spiro atoms. The number of imidazole rings is 1. The van der Waals surface area contributed by atoms with Crippen molar-refractivity contribution in [3.05, 3.63) is 72.8 Å². The summed E-state index contributed by atoms with van der Waals surface area (Å²) in [5.74, 6) is 2.45. The number of hydrogen-bond acceptors (Lipinski definition) is 4. The number of nitrogens with zero attached hydrogens (tertiary/aromatic N) is 3. The first kappa shape index (κ1) is 15.9. The maximum Gasteiger partial charge on any atom is 0.190 e. The number of hydrogen-bond donors (Lipinski definition) is 0. The molecule has 1 aliphatic heterocycles. The predicted octanol–water partition coefficient (Wildman–Crippen LogP) is 4.63. The molecular weight excluding hydrogens is 338 g/mol. The van der Waals surface area contributed by atoms with E-state index in [4.69, 9.17) is 14.5 Å². The van der Waals surface area contributed by atoms with E-state index in [2.05, 4.69) is 34.7 Å².